The number of rotatable bonds is 4. The lowest BCUT2D eigenvalue weighted by molar-refractivity contribution is 0.417. The predicted octanol–water partition coefficient (Wildman–Crippen LogP) is 2.71. The van der Waals surface area contributed by atoms with Gasteiger partial charge in [0, 0.05) is 32.3 Å². The third kappa shape index (κ3) is 3.31. The molecule has 20 heavy (non-hydrogen) atoms. The number of anilines is 1. The molecule has 2 N–H and O–H groups in total. The third-order valence-corrected chi connectivity index (χ3v) is 3.20. The van der Waals surface area contributed by atoms with Gasteiger partial charge >= 0.3 is 0 Å². The van der Waals surface area contributed by atoms with Crippen LogP contribution in [0, 0.1) is 5.41 Å². The van der Waals surface area contributed by atoms with Crippen molar-refractivity contribution in [1.29, 1.82) is 0 Å². The Morgan fingerprint density at radius 2 is 2.05 bits per heavy atom. The average molecular weight is 274 g/mol. The molecule has 0 fully saturated rings. The molecule has 110 valence electrons. The van der Waals surface area contributed by atoms with Gasteiger partial charge in [-0.05, 0) is 24.5 Å². The maximum absolute atomic E-state index is 6.01. The maximum Gasteiger partial charge on any atom is 0.150 e. The zero-order valence-electron chi connectivity index (χ0n) is 13.2. The Morgan fingerprint density at radius 3 is 2.65 bits per heavy atom. The van der Waals surface area contributed by atoms with Gasteiger partial charge in [0.1, 0.15) is 5.65 Å². The number of fused-ring (bicyclic) bond motifs is 1. The molecule has 0 amide bonds. The lowest BCUT2D eigenvalue weighted by Crippen LogP contribution is -2.30. The molecule has 0 spiro atoms. The van der Waals surface area contributed by atoms with Gasteiger partial charge in [-0.1, -0.05) is 26.8 Å². The maximum atomic E-state index is 6.01. The van der Waals surface area contributed by atoms with Crippen molar-refractivity contribution in [2.75, 3.05) is 18.5 Å². The number of nitrogens with zero attached hydrogens (tertiary/aromatic N) is 3. The van der Waals surface area contributed by atoms with Crippen LogP contribution in [0.1, 0.15) is 33.4 Å². The van der Waals surface area contributed by atoms with Crippen LogP contribution in [0.2, 0.25) is 0 Å². The summed E-state index contributed by atoms with van der Waals surface area (Å²) in [6.45, 7) is 9.72. The van der Waals surface area contributed by atoms with E-state index >= 15 is 0 Å². The van der Waals surface area contributed by atoms with Crippen molar-refractivity contribution in [3.63, 3.8) is 0 Å². The molecule has 2 heterocycles. The number of aromatic nitrogens is 2. The van der Waals surface area contributed by atoms with E-state index < -0.39 is 0 Å². The van der Waals surface area contributed by atoms with E-state index in [1.807, 2.05) is 25.1 Å². The minimum absolute atomic E-state index is 0.122. The Kier molecular flexibility index (Phi) is 4.04. The summed E-state index contributed by atoms with van der Waals surface area (Å²) < 4.78 is 2.15. The van der Waals surface area contributed by atoms with Gasteiger partial charge in [0.15, 0.2) is 5.82 Å². The topological polar surface area (TPSA) is 46.6 Å². The molecule has 0 saturated carbocycles. The van der Waals surface area contributed by atoms with Gasteiger partial charge in [0.25, 0.3) is 0 Å². The van der Waals surface area contributed by atoms with Crippen LogP contribution >= 0.6 is 0 Å². The molecule has 0 bridgehead atoms. The first-order chi connectivity index (χ1) is 9.28. The number of hydrogen-bond donors (Lipinski definition) is 1. The first-order valence-electron chi connectivity index (χ1n) is 7.20. The normalized spacial score (nSPS) is 13.7. The number of hydrogen-bond acceptors (Lipinski definition) is 3. The monoisotopic (exact) mass is 274 g/mol. The van der Waals surface area contributed by atoms with E-state index in [0.717, 1.165) is 24.4 Å². The highest BCUT2D eigenvalue weighted by Crippen LogP contribution is 2.25. The molecule has 0 aliphatic rings. The van der Waals surface area contributed by atoms with E-state index in [1.165, 1.54) is 5.69 Å². The van der Waals surface area contributed by atoms with Crippen LogP contribution < -0.4 is 10.6 Å². The van der Waals surface area contributed by atoms with Crippen molar-refractivity contribution >= 4 is 11.5 Å². The summed E-state index contributed by atoms with van der Waals surface area (Å²) in [6, 6.07) is 6.22. The van der Waals surface area contributed by atoms with E-state index in [-0.39, 0.29) is 11.5 Å². The van der Waals surface area contributed by atoms with Crippen LogP contribution in [0.4, 0.5) is 5.82 Å². The number of imidazole rings is 1. The van der Waals surface area contributed by atoms with Gasteiger partial charge < -0.3 is 15.0 Å². The lowest BCUT2D eigenvalue weighted by Gasteiger charge is -2.27. The SMILES string of the molecule is CC(N)Cc1c(N(C)CC(C)(C)C)nc2ccccn12. The fraction of sp³-hybridized carbons (Fsp3) is 0.562. The van der Waals surface area contributed by atoms with E-state index in [9.17, 15) is 0 Å². The zero-order valence-corrected chi connectivity index (χ0v) is 13.2. The highest BCUT2D eigenvalue weighted by Gasteiger charge is 2.20. The van der Waals surface area contributed by atoms with Crippen LogP contribution in [0.25, 0.3) is 5.65 Å². The van der Waals surface area contributed by atoms with Gasteiger partial charge in [0.05, 0.1) is 5.69 Å². The second kappa shape index (κ2) is 5.44. The summed E-state index contributed by atoms with van der Waals surface area (Å²) in [6.07, 6.45) is 2.89. The molecule has 0 aromatic carbocycles. The number of pyridine rings is 1. The highest BCUT2D eigenvalue weighted by atomic mass is 15.2. The first-order valence-corrected chi connectivity index (χ1v) is 7.20. The molecular formula is C16H26N4. The van der Waals surface area contributed by atoms with Crippen LogP contribution in [-0.4, -0.2) is 29.0 Å². The average Bonchev–Trinajstić information content (AvgIpc) is 2.66. The van der Waals surface area contributed by atoms with Gasteiger partial charge in [0.2, 0.25) is 0 Å². The second-order valence-electron chi connectivity index (χ2n) is 6.91. The second-order valence-corrected chi connectivity index (χ2v) is 6.91. The molecule has 1 atom stereocenters. The van der Waals surface area contributed by atoms with E-state index in [4.69, 9.17) is 10.7 Å². The van der Waals surface area contributed by atoms with Crippen molar-refractivity contribution in [2.45, 2.75) is 40.2 Å². The fourth-order valence-corrected chi connectivity index (χ4v) is 2.62. The predicted molar refractivity (Wildman–Crippen MR) is 85.3 cm³/mol. The van der Waals surface area contributed by atoms with Gasteiger partial charge in [-0.25, -0.2) is 4.98 Å². The number of nitrogens with two attached hydrogens (primary N) is 1. The van der Waals surface area contributed by atoms with Gasteiger partial charge in [-0.2, -0.15) is 0 Å². The van der Waals surface area contributed by atoms with E-state index in [2.05, 4.69) is 43.3 Å². The molecule has 0 aliphatic heterocycles. The zero-order chi connectivity index (χ0) is 14.9. The Bertz CT molecular complexity index is 578. The van der Waals surface area contributed by atoms with Gasteiger partial charge in [-0.15, -0.1) is 0 Å². The highest BCUT2D eigenvalue weighted by molar-refractivity contribution is 5.56. The summed E-state index contributed by atoms with van der Waals surface area (Å²) in [4.78, 5) is 7.02. The summed E-state index contributed by atoms with van der Waals surface area (Å²) in [7, 11) is 2.11. The minimum atomic E-state index is 0.122. The summed E-state index contributed by atoms with van der Waals surface area (Å²) >= 11 is 0. The van der Waals surface area contributed by atoms with Crippen molar-refractivity contribution in [2.24, 2.45) is 11.1 Å². The van der Waals surface area contributed by atoms with Crippen molar-refractivity contribution in [1.82, 2.24) is 9.38 Å². The standard InChI is InChI=1S/C16H26N4/c1-12(17)10-13-15(19(5)11-16(2,3)4)18-14-8-6-7-9-20(13)14/h6-9,12H,10-11,17H2,1-5H3. The van der Waals surface area contributed by atoms with Crippen molar-refractivity contribution in [3.05, 3.63) is 30.1 Å². The summed E-state index contributed by atoms with van der Waals surface area (Å²) in [5.74, 6) is 1.04. The molecule has 4 nitrogen and oxygen atoms in total. The Balaban J connectivity index is 2.45. The molecule has 2 aromatic rings. The summed E-state index contributed by atoms with van der Waals surface area (Å²) in [5, 5.41) is 0. The lowest BCUT2D eigenvalue weighted by atomic mass is 9.96. The first kappa shape index (κ1) is 14.9. The van der Waals surface area contributed by atoms with Crippen LogP contribution in [0.15, 0.2) is 24.4 Å². The molecule has 2 rings (SSSR count). The molecule has 4 heteroatoms. The fourth-order valence-electron chi connectivity index (χ4n) is 2.62. The van der Waals surface area contributed by atoms with Crippen LogP contribution in [0.3, 0.4) is 0 Å². The minimum Gasteiger partial charge on any atom is -0.358 e. The van der Waals surface area contributed by atoms with Crippen molar-refractivity contribution in [3.8, 4) is 0 Å². The Hall–Kier alpha value is -1.55. The molecule has 1 unspecified atom stereocenters. The van der Waals surface area contributed by atoms with E-state index in [1.54, 1.807) is 0 Å². The quantitative estimate of drug-likeness (QED) is 0.932. The molecular weight excluding hydrogens is 248 g/mol. The molecule has 2 aromatic heterocycles. The van der Waals surface area contributed by atoms with Crippen molar-refractivity contribution < 1.29 is 0 Å². The smallest absolute Gasteiger partial charge is 0.150 e. The largest absolute Gasteiger partial charge is 0.358 e. The molecule has 0 saturated heterocycles. The van der Waals surface area contributed by atoms with E-state index in [0.29, 0.717) is 0 Å². The third-order valence-electron chi connectivity index (χ3n) is 3.20. The molecule has 0 radical (unpaired) electrons. The Labute approximate surface area is 121 Å². The van der Waals surface area contributed by atoms with Gasteiger partial charge in [-0.3, -0.25) is 0 Å². The van der Waals surface area contributed by atoms with Crippen LogP contribution in [-0.2, 0) is 6.42 Å². The summed E-state index contributed by atoms with van der Waals surface area (Å²) in [5.41, 5.74) is 8.43. The van der Waals surface area contributed by atoms with Crippen LogP contribution in [0.5, 0.6) is 0 Å². The molecule has 0 aliphatic carbocycles. The Morgan fingerprint density at radius 1 is 1.35 bits per heavy atom.